The zero-order valence-corrected chi connectivity index (χ0v) is 13.9. The molecule has 0 aliphatic carbocycles. The fourth-order valence-corrected chi connectivity index (χ4v) is 2.90. The molecule has 2 rings (SSSR count). The molecule has 0 bridgehead atoms. The zero-order valence-electron chi connectivity index (χ0n) is 13.9. The van der Waals surface area contributed by atoms with E-state index >= 15 is 0 Å². The van der Waals surface area contributed by atoms with Crippen molar-refractivity contribution in [2.24, 2.45) is 0 Å². The van der Waals surface area contributed by atoms with Crippen molar-refractivity contribution in [1.29, 1.82) is 0 Å². The van der Waals surface area contributed by atoms with Gasteiger partial charge in [0.25, 0.3) is 5.91 Å². The minimum atomic E-state index is -0.480. The molecule has 126 valence electrons. The smallest absolute Gasteiger partial charge is 0.338 e. The molecule has 0 spiro atoms. The molecule has 5 heteroatoms. The lowest BCUT2D eigenvalue weighted by Gasteiger charge is -2.35. The van der Waals surface area contributed by atoms with Crippen LogP contribution in [-0.4, -0.2) is 42.6 Å². The van der Waals surface area contributed by atoms with E-state index in [0.717, 1.165) is 32.2 Å². The number of hydrogen-bond donors (Lipinski definition) is 0. The van der Waals surface area contributed by atoms with Gasteiger partial charge in [-0.2, -0.15) is 0 Å². The van der Waals surface area contributed by atoms with E-state index in [-0.39, 0.29) is 18.6 Å². The predicted octanol–water partition coefficient (Wildman–Crippen LogP) is 3.03. The van der Waals surface area contributed by atoms with Crippen molar-refractivity contribution < 1.29 is 19.1 Å². The van der Waals surface area contributed by atoms with Gasteiger partial charge in [0.05, 0.1) is 12.2 Å². The van der Waals surface area contributed by atoms with Gasteiger partial charge in [0, 0.05) is 12.6 Å². The van der Waals surface area contributed by atoms with Gasteiger partial charge < -0.3 is 14.4 Å². The highest BCUT2D eigenvalue weighted by Crippen LogP contribution is 2.19. The minimum Gasteiger partial charge on any atom is -0.494 e. The van der Waals surface area contributed by atoms with Crippen LogP contribution in [0.5, 0.6) is 5.75 Å². The van der Waals surface area contributed by atoms with E-state index in [1.165, 1.54) is 0 Å². The summed E-state index contributed by atoms with van der Waals surface area (Å²) in [5.74, 6) is 0.126. The number of hydrogen-bond acceptors (Lipinski definition) is 4. The second-order valence-electron chi connectivity index (χ2n) is 5.68. The van der Waals surface area contributed by atoms with Gasteiger partial charge in [-0.05, 0) is 56.9 Å². The topological polar surface area (TPSA) is 55.8 Å². The van der Waals surface area contributed by atoms with E-state index in [4.69, 9.17) is 9.47 Å². The van der Waals surface area contributed by atoms with E-state index in [2.05, 4.69) is 6.92 Å². The molecule has 1 saturated heterocycles. The third-order valence-electron chi connectivity index (χ3n) is 4.15. The lowest BCUT2D eigenvalue weighted by Crippen LogP contribution is -2.45. The molecule has 1 amide bonds. The summed E-state index contributed by atoms with van der Waals surface area (Å²) in [6, 6.07) is 7.01. The van der Waals surface area contributed by atoms with Crippen molar-refractivity contribution in [3.63, 3.8) is 0 Å². The maximum Gasteiger partial charge on any atom is 0.338 e. The highest BCUT2D eigenvalue weighted by molar-refractivity contribution is 5.91. The summed E-state index contributed by atoms with van der Waals surface area (Å²) in [7, 11) is 0. The maximum atomic E-state index is 12.3. The van der Waals surface area contributed by atoms with Crippen LogP contribution >= 0.6 is 0 Å². The molecule has 0 radical (unpaired) electrons. The van der Waals surface area contributed by atoms with E-state index in [1.807, 2.05) is 11.8 Å². The van der Waals surface area contributed by atoms with E-state index in [1.54, 1.807) is 24.3 Å². The van der Waals surface area contributed by atoms with Gasteiger partial charge in [-0.3, -0.25) is 4.79 Å². The SMILES string of the molecule is CCOc1ccc(C(=O)OCC(=O)N2CCCCC2CC)cc1. The van der Waals surface area contributed by atoms with Crippen LogP contribution in [0.1, 0.15) is 49.9 Å². The molecule has 1 fully saturated rings. The van der Waals surface area contributed by atoms with Crippen LogP contribution in [0.15, 0.2) is 24.3 Å². The standard InChI is InChI=1S/C18H25NO4/c1-3-15-7-5-6-12-19(15)17(20)13-23-18(21)14-8-10-16(11-9-14)22-4-2/h8-11,15H,3-7,12-13H2,1-2H3. The normalized spacial score (nSPS) is 17.7. The average Bonchev–Trinajstić information content (AvgIpc) is 2.60. The lowest BCUT2D eigenvalue weighted by atomic mass is 10.00. The number of esters is 1. The number of amides is 1. The van der Waals surface area contributed by atoms with Gasteiger partial charge in [0.1, 0.15) is 5.75 Å². The molecule has 1 atom stereocenters. The van der Waals surface area contributed by atoms with Crippen molar-refractivity contribution in [2.45, 2.75) is 45.6 Å². The third kappa shape index (κ3) is 4.71. The average molecular weight is 319 g/mol. The lowest BCUT2D eigenvalue weighted by molar-refractivity contribution is -0.138. The van der Waals surface area contributed by atoms with Gasteiger partial charge in [-0.1, -0.05) is 6.92 Å². The summed E-state index contributed by atoms with van der Waals surface area (Å²) in [5, 5.41) is 0. The molecule has 1 aromatic rings. The summed E-state index contributed by atoms with van der Waals surface area (Å²) >= 11 is 0. The second-order valence-corrected chi connectivity index (χ2v) is 5.68. The first kappa shape index (κ1) is 17.3. The Kier molecular flexibility index (Phi) is 6.44. The summed E-state index contributed by atoms with van der Waals surface area (Å²) in [5.41, 5.74) is 0.423. The highest BCUT2D eigenvalue weighted by atomic mass is 16.5. The van der Waals surface area contributed by atoms with E-state index in [0.29, 0.717) is 17.9 Å². The van der Waals surface area contributed by atoms with Crippen LogP contribution in [0.3, 0.4) is 0 Å². The van der Waals surface area contributed by atoms with Crippen molar-refractivity contribution >= 4 is 11.9 Å². The predicted molar refractivity (Wildman–Crippen MR) is 87.5 cm³/mol. The van der Waals surface area contributed by atoms with Crippen molar-refractivity contribution in [3.05, 3.63) is 29.8 Å². The van der Waals surface area contributed by atoms with Gasteiger partial charge in [-0.15, -0.1) is 0 Å². The van der Waals surface area contributed by atoms with Crippen LogP contribution in [0.25, 0.3) is 0 Å². The first-order valence-electron chi connectivity index (χ1n) is 8.35. The molecule has 0 saturated carbocycles. The fourth-order valence-electron chi connectivity index (χ4n) is 2.90. The quantitative estimate of drug-likeness (QED) is 0.756. The Hall–Kier alpha value is -2.04. The van der Waals surface area contributed by atoms with Crippen LogP contribution in [0, 0.1) is 0 Å². The summed E-state index contributed by atoms with van der Waals surface area (Å²) in [6.07, 6.45) is 4.16. The minimum absolute atomic E-state index is 0.101. The molecule has 1 unspecified atom stereocenters. The number of carbonyl (C=O) groups is 2. The van der Waals surface area contributed by atoms with Crippen LogP contribution in [0.4, 0.5) is 0 Å². The molecule has 1 heterocycles. The summed E-state index contributed by atoms with van der Waals surface area (Å²) in [4.78, 5) is 26.1. The number of ether oxygens (including phenoxy) is 2. The Morgan fingerprint density at radius 3 is 2.57 bits per heavy atom. The number of nitrogens with zero attached hydrogens (tertiary/aromatic N) is 1. The van der Waals surface area contributed by atoms with Gasteiger partial charge in [0.15, 0.2) is 6.61 Å². The van der Waals surface area contributed by atoms with Gasteiger partial charge >= 0.3 is 5.97 Å². The first-order chi connectivity index (χ1) is 11.2. The van der Waals surface area contributed by atoms with E-state index < -0.39 is 5.97 Å². The molecule has 1 aromatic carbocycles. The molecular formula is C18H25NO4. The molecule has 0 N–H and O–H groups in total. The van der Waals surface area contributed by atoms with Gasteiger partial charge in [-0.25, -0.2) is 4.79 Å². The van der Waals surface area contributed by atoms with Crippen LogP contribution in [-0.2, 0) is 9.53 Å². The highest BCUT2D eigenvalue weighted by Gasteiger charge is 2.26. The van der Waals surface area contributed by atoms with E-state index in [9.17, 15) is 9.59 Å². The molecule has 5 nitrogen and oxygen atoms in total. The number of piperidine rings is 1. The first-order valence-corrected chi connectivity index (χ1v) is 8.35. The van der Waals surface area contributed by atoms with Crippen LogP contribution < -0.4 is 4.74 Å². The third-order valence-corrected chi connectivity index (χ3v) is 4.15. The molecule has 1 aliphatic rings. The Morgan fingerprint density at radius 1 is 1.17 bits per heavy atom. The van der Waals surface area contributed by atoms with Gasteiger partial charge in [0.2, 0.25) is 0 Å². The monoisotopic (exact) mass is 319 g/mol. The summed E-state index contributed by atoms with van der Waals surface area (Å²) in [6.45, 7) is 5.13. The Balaban J connectivity index is 1.86. The largest absolute Gasteiger partial charge is 0.494 e. The van der Waals surface area contributed by atoms with Crippen LogP contribution in [0.2, 0.25) is 0 Å². The zero-order chi connectivity index (χ0) is 16.7. The Morgan fingerprint density at radius 2 is 1.91 bits per heavy atom. The van der Waals surface area contributed by atoms with Crippen molar-refractivity contribution in [2.75, 3.05) is 19.8 Å². The molecule has 1 aliphatic heterocycles. The number of rotatable bonds is 6. The molecular weight excluding hydrogens is 294 g/mol. The number of benzene rings is 1. The maximum absolute atomic E-state index is 12.3. The van der Waals surface area contributed by atoms with Crippen molar-refractivity contribution in [3.8, 4) is 5.75 Å². The van der Waals surface area contributed by atoms with Crippen molar-refractivity contribution in [1.82, 2.24) is 4.90 Å². The fraction of sp³-hybridized carbons (Fsp3) is 0.556. The number of likely N-dealkylation sites (tertiary alicyclic amines) is 1. The number of carbonyl (C=O) groups excluding carboxylic acids is 2. The molecule has 23 heavy (non-hydrogen) atoms. The molecule has 0 aromatic heterocycles. The Bertz CT molecular complexity index is 526. The second kappa shape index (κ2) is 8.56. The summed E-state index contributed by atoms with van der Waals surface area (Å²) < 4.78 is 10.5. The Labute approximate surface area is 137 Å².